The lowest BCUT2D eigenvalue weighted by Crippen LogP contribution is -2.09. The second-order valence-electron chi connectivity index (χ2n) is 3.65. The van der Waals surface area contributed by atoms with E-state index in [1.807, 2.05) is 31.2 Å². The summed E-state index contributed by atoms with van der Waals surface area (Å²) in [5, 5.41) is 3.04. The molecule has 1 heterocycles. The summed E-state index contributed by atoms with van der Waals surface area (Å²) in [5.74, 6) is 0. The summed E-state index contributed by atoms with van der Waals surface area (Å²) in [6, 6.07) is 7.83. The van der Waals surface area contributed by atoms with Crippen molar-refractivity contribution in [1.82, 2.24) is 4.98 Å². The van der Waals surface area contributed by atoms with Gasteiger partial charge in [-0.1, -0.05) is 35.5 Å². The zero-order chi connectivity index (χ0) is 12.3. The molecule has 1 unspecified atom stereocenters. The van der Waals surface area contributed by atoms with Gasteiger partial charge in [0.15, 0.2) is 4.34 Å². The molecule has 0 amide bonds. The van der Waals surface area contributed by atoms with Crippen molar-refractivity contribution in [3.8, 4) is 0 Å². The van der Waals surface area contributed by atoms with E-state index >= 15 is 0 Å². The first-order valence-corrected chi connectivity index (χ1v) is 7.37. The molecule has 0 bridgehead atoms. The number of thiazole rings is 1. The molecule has 17 heavy (non-hydrogen) atoms. The summed E-state index contributed by atoms with van der Waals surface area (Å²) < 4.78 is 1.06. The van der Waals surface area contributed by atoms with Crippen molar-refractivity contribution in [1.29, 1.82) is 0 Å². The van der Waals surface area contributed by atoms with Crippen LogP contribution < -0.4 is 5.73 Å². The molecule has 2 N–H and O–H groups in total. The maximum atomic E-state index is 5.87. The van der Waals surface area contributed by atoms with Crippen LogP contribution in [0.15, 0.2) is 34.0 Å². The first kappa shape index (κ1) is 12.9. The highest BCUT2D eigenvalue weighted by atomic mass is 35.5. The number of nitrogens with two attached hydrogens (primary N) is 1. The molecule has 0 aliphatic rings. The lowest BCUT2D eigenvalue weighted by atomic mass is 10.1. The van der Waals surface area contributed by atoms with Crippen molar-refractivity contribution in [2.45, 2.75) is 16.5 Å². The molecule has 0 radical (unpaired) electrons. The van der Waals surface area contributed by atoms with Gasteiger partial charge in [0.2, 0.25) is 0 Å². The predicted molar refractivity (Wildman–Crippen MR) is 76.0 cm³/mol. The van der Waals surface area contributed by atoms with Crippen molar-refractivity contribution < 1.29 is 0 Å². The Labute approximate surface area is 114 Å². The second-order valence-corrected chi connectivity index (χ2v) is 6.39. The predicted octanol–water partition coefficient (Wildman–Crippen LogP) is 3.90. The maximum absolute atomic E-state index is 5.87. The molecule has 2 aromatic rings. The number of nitrogens with zero attached hydrogens (tertiary/aromatic N) is 1. The topological polar surface area (TPSA) is 38.9 Å². The van der Waals surface area contributed by atoms with Crippen molar-refractivity contribution >= 4 is 34.7 Å². The van der Waals surface area contributed by atoms with Crippen LogP contribution in [0.3, 0.4) is 0 Å². The van der Waals surface area contributed by atoms with Gasteiger partial charge in [0.1, 0.15) is 0 Å². The van der Waals surface area contributed by atoms with Crippen molar-refractivity contribution in [3.05, 3.63) is 45.9 Å². The average molecular weight is 285 g/mol. The van der Waals surface area contributed by atoms with E-state index in [4.69, 9.17) is 17.3 Å². The number of hydrogen-bond acceptors (Lipinski definition) is 4. The lowest BCUT2D eigenvalue weighted by Gasteiger charge is -2.12. The van der Waals surface area contributed by atoms with Crippen LogP contribution >= 0.6 is 34.7 Å². The Hall–Kier alpha value is -0.550. The Morgan fingerprint density at radius 1 is 1.41 bits per heavy atom. The Balaban J connectivity index is 2.13. The van der Waals surface area contributed by atoms with Gasteiger partial charge in [-0.25, -0.2) is 4.98 Å². The van der Waals surface area contributed by atoms with Gasteiger partial charge in [-0.3, -0.25) is 0 Å². The molecule has 1 aromatic heterocycles. The van der Waals surface area contributed by atoms with Gasteiger partial charge >= 0.3 is 0 Å². The van der Waals surface area contributed by atoms with Crippen LogP contribution in [0.5, 0.6) is 0 Å². The molecule has 0 spiro atoms. The minimum absolute atomic E-state index is 0.234. The minimum atomic E-state index is 0.234. The lowest BCUT2D eigenvalue weighted by molar-refractivity contribution is 0.938. The van der Waals surface area contributed by atoms with E-state index in [1.54, 1.807) is 23.1 Å². The Morgan fingerprint density at radius 2 is 2.12 bits per heavy atom. The number of benzene rings is 1. The molecular weight excluding hydrogens is 272 g/mol. The van der Waals surface area contributed by atoms with E-state index in [-0.39, 0.29) is 5.25 Å². The van der Waals surface area contributed by atoms with Crippen LogP contribution in [-0.2, 0) is 0 Å². The summed E-state index contributed by atoms with van der Waals surface area (Å²) in [4.78, 5) is 4.44. The van der Waals surface area contributed by atoms with Crippen LogP contribution in [0, 0.1) is 6.92 Å². The Morgan fingerprint density at radius 3 is 2.65 bits per heavy atom. The normalized spacial score (nSPS) is 12.6. The number of hydrogen-bond donors (Lipinski definition) is 1. The van der Waals surface area contributed by atoms with Crippen molar-refractivity contribution in [2.75, 3.05) is 6.54 Å². The fourth-order valence-electron chi connectivity index (χ4n) is 1.44. The molecule has 0 aliphatic heterocycles. The van der Waals surface area contributed by atoms with Crippen LogP contribution in [0.1, 0.15) is 16.5 Å². The van der Waals surface area contributed by atoms with Crippen LogP contribution in [-0.4, -0.2) is 11.5 Å². The Kier molecular flexibility index (Phi) is 4.45. The summed E-state index contributed by atoms with van der Waals surface area (Å²) in [6.07, 6.45) is 0. The molecule has 1 aromatic carbocycles. The zero-order valence-corrected chi connectivity index (χ0v) is 11.8. The molecule has 2 rings (SSSR count). The molecule has 0 saturated carbocycles. The average Bonchev–Trinajstić information content (AvgIpc) is 2.73. The Bertz CT molecular complexity index is 482. The SMILES string of the molecule is Cc1csc(SC(CN)c2ccc(Cl)cc2)n1. The standard InChI is InChI=1S/C12H13ClN2S2/c1-8-7-16-12(15-8)17-11(6-14)9-2-4-10(13)5-3-9/h2-5,7,11H,6,14H2,1H3. The van der Waals surface area contributed by atoms with Gasteiger partial charge in [-0.15, -0.1) is 11.3 Å². The fourth-order valence-corrected chi connectivity index (χ4v) is 3.63. The van der Waals surface area contributed by atoms with Crippen LogP contribution in [0.25, 0.3) is 0 Å². The minimum Gasteiger partial charge on any atom is -0.329 e. The molecule has 0 saturated heterocycles. The third-order valence-corrected chi connectivity index (χ3v) is 4.92. The highest BCUT2D eigenvalue weighted by Crippen LogP contribution is 2.36. The fraction of sp³-hybridized carbons (Fsp3) is 0.250. The van der Waals surface area contributed by atoms with Gasteiger partial charge in [0, 0.05) is 27.9 Å². The molecule has 2 nitrogen and oxygen atoms in total. The van der Waals surface area contributed by atoms with Crippen LogP contribution in [0.2, 0.25) is 5.02 Å². The monoisotopic (exact) mass is 284 g/mol. The third kappa shape index (κ3) is 3.45. The number of thioether (sulfide) groups is 1. The van der Waals surface area contributed by atoms with Gasteiger partial charge in [-0.2, -0.15) is 0 Å². The van der Waals surface area contributed by atoms with Crippen LogP contribution in [0.4, 0.5) is 0 Å². The first-order chi connectivity index (χ1) is 8.19. The van der Waals surface area contributed by atoms with Gasteiger partial charge < -0.3 is 5.73 Å². The largest absolute Gasteiger partial charge is 0.329 e. The first-order valence-electron chi connectivity index (χ1n) is 5.23. The van der Waals surface area contributed by atoms with E-state index < -0.39 is 0 Å². The van der Waals surface area contributed by atoms with Gasteiger partial charge in [0.05, 0.1) is 0 Å². The number of aryl methyl sites for hydroxylation is 1. The van der Waals surface area contributed by atoms with E-state index in [9.17, 15) is 0 Å². The number of halogens is 1. The third-order valence-electron chi connectivity index (χ3n) is 2.30. The van der Waals surface area contributed by atoms with Crippen molar-refractivity contribution in [2.24, 2.45) is 5.73 Å². The van der Waals surface area contributed by atoms with E-state index in [0.717, 1.165) is 15.1 Å². The van der Waals surface area contributed by atoms with E-state index in [1.165, 1.54) is 5.56 Å². The van der Waals surface area contributed by atoms with Gasteiger partial charge in [0.25, 0.3) is 0 Å². The number of aromatic nitrogens is 1. The summed E-state index contributed by atoms with van der Waals surface area (Å²) >= 11 is 9.24. The summed E-state index contributed by atoms with van der Waals surface area (Å²) in [5.41, 5.74) is 8.07. The molecule has 0 fully saturated rings. The summed E-state index contributed by atoms with van der Waals surface area (Å²) in [7, 11) is 0. The molecular formula is C12H13ClN2S2. The second kappa shape index (κ2) is 5.87. The van der Waals surface area contributed by atoms with Crippen molar-refractivity contribution in [3.63, 3.8) is 0 Å². The summed E-state index contributed by atoms with van der Waals surface area (Å²) in [6.45, 7) is 2.59. The van der Waals surface area contributed by atoms with E-state index in [0.29, 0.717) is 6.54 Å². The smallest absolute Gasteiger partial charge is 0.150 e. The van der Waals surface area contributed by atoms with Gasteiger partial charge in [-0.05, 0) is 24.6 Å². The maximum Gasteiger partial charge on any atom is 0.150 e. The molecule has 0 aliphatic carbocycles. The van der Waals surface area contributed by atoms with E-state index in [2.05, 4.69) is 10.4 Å². The number of rotatable bonds is 4. The molecule has 1 atom stereocenters. The zero-order valence-electron chi connectivity index (χ0n) is 9.39. The molecule has 5 heteroatoms. The highest BCUT2D eigenvalue weighted by molar-refractivity contribution is 8.01. The highest BCUT2D eigenvalue weighted by Gasteiger charge is 2.13. The molecule has 90 valence electrons. The quantitative estimate of drug-likeness (QED) is 0.866.